The lowest BCUT2D eigenvalue weighted by Crippen LogP contribution is -2.43. The van der Waals surface area contributed by atoms with Crippen molar-refractivity contribution in [3.63, 3.8) is 0 Å². The largest absolute Gasteiger partial charge is 0.397 e. The number of nitrogens with zero attached hydrogens (tertiary/aromatic N) is 1. The molecule has 2 rings (SSSR count). The highest BCUT2D eigenvalue weighted by molar-refractivity contribution is 7.99. The normalized spacial score (nSPS) is 16.9. The Bertz CT molecular complexity index is 286. The Labute approximate surface area is 82.1 Å². The zero-order chi connectivity index (χ0) is 9.10. The maximum absolute atomic E-state index is 5.77. The van der Waals surface area contributed by atoms with Gasteiger partial charge in [-0.3, -0.25) is 0 Å². The molecule has 0 atom stereocenters. The number of rotatable bonds is 3. The number of nitrogens with one attached hydrogen (secondary N) is 1. The average molecular weight is 195 g/mol. The zero-order valence-corrected chi connectivity index (χ0v) is 8.18. The Hall–Kier alpha value is -0.740. The predicted molar refractivity (Wildman–Crippen MR) is 55.7 cm³/mol. The average Bonchev–Trinajstić information content (AvgIpc) is 2.05. The highest BCUT2D eigenvalue weighted by Crippen LogP contribution is 2.24. The molecule has 70 valence electrons. The van der Waals surface area contributed by atoms with Gasteiger partial charge in [-0.05, 0) is 31.1 Å². The van der Waals surface area contributed by atoms with Crippen LogP contribution in [0.25, 0.3) is 0 Å². The van der Waals surface area contributed by atoms with Crippen molar-refractivity contribution >= 4 is 17.4 Å². The summed E-state index contributed by atoms with van der Waals surface area (Å²) in [6, 6.07) is 3.76. The van der Waals surface area contributed by atoms with E-state index in [9.17, 15) is 0 Å². The second kappa shape index (κ2) is 3.98. The van der Waals surface area contributed by atoms with Crippen molar-refractivity contribution in [2.45, 2.75) is 5.03 Å². The first-order valence-electron chi connectivity index (χ1n) is 4.40. The summed E-state index contributed by atoms with van der Waals surface area (Å²) in [4.78, 5) is 4.23. The van der Waals surface area contributed by atoms with E-state index in [1.165, 1.54) is 0 Å². The lowest BCUT2D eigenvalue weighted by atomic mass is 10.1. The Balaban J connectivity index is 1.89. The van der Waals surface area contributed by atoms with Gasteiger partial charge in [0, 0.05) is 11.9 Å². The smallest absolute Gasteiger partial charge is 0.119 e. The first-order chi connectivity index (χ1) is 6.36. The number of anilines is 1. The molecular formula is C9H13N3S. The molecule has 0 radical (unpaired) electrons. The van der Waals surface area contributed by atoms with E-state index in [-0.39, 0.29) is 0 Å². The number of hydrogen-bond donors (Lipinski definition) is 2. The highest BCUT2D eigenvalue weighted by atomic mass is 32.2. The predicted octanol–water partition coefficient (Wildman–Crippen LogP) is 0.975. The van der Waals surface area contributed by atoms with Crippen LogP contribution in [0.2, 0.25) is 0 Å². The summed E-state index contributed by atoms with van der Waals surface area (Å²) in [5.41, 5.74) is 6.56. The van der Waals surface area contributed by atoms with E-state index < -0.39 is 0 Å². The molecule has 3 N–H and O–H groups in total. The van der Waals surface area contributed by atoms with E-state index in [1.54, 1.807) is 18.0 Å². The van der Waals surface area contributed by atoms with Gasteiger partial charge in [0.2, 0.25) is 0 Å². The topological polar surface area (TPSA) is 50.9 Å². The van der Waals surface area contributed by atoms with Crippen LogP contribution < -0.4 is 11.1 Å². The van der Waals surface area contributed by atoms with Crippen LogP contribution in [0.3, 0.4) is 0 Å². The third-order valence-electron chi connectivity index (χ3n) is 2.12. The number of hydrogen-bond acceptors (Lipinski definition) is 4. The van der Waals surface area contributed by atoms with E-state index in [4.69, 9.17) is 5.73 Å². The molecule has 1 aromatic heterocycles. The minimum Gasteiger partial charge on any atom is -0.397 e. The van der Waals surface area contributed by atoms with Gasteiger partial charge in [-0.25, -0.2) is 4.98 Å². The summed E-state index contributed by atoms with van der Waals surface area (Å²) in [5, 5.41) is 4.21. The van der Waals surface area contributed by atoms with Crippen molar-refractivity contribution in [2.75, 3.05) is 24.6 Å². The van der Waals surface area contributed by atoms with E-state index in [0.717, 1.165) is 35.5 Å². The first kappa shape index (κ1) is 8.84. The lowest BCUT2D eigenvalue weighted by molar-refractivity contribution is 0.385. The standard InChI is InChI=1S/C9H13N3S/c10-8-2-1-3-12-9(8)13-6-7-4-11-5-7/h1-3,7,11H,4-6,10H2. The van der Waals surface area contributed by atoms with Gasteiger partial charge in [-0.1, -0.05) is 0 Å². The van der Waals surface area contributed by atoms with Crippen molar-refractivity contribution in [3.05, 3.63) is 18.3 Å². The van der Waals surface area contributed by atoms with E-state index in [1.807, 2.05) is 12.1 Å². The summed E-state index contributed by atoms with van der Waals surface area (Å²) in [6.45, 7) is 2.28. The SMILES string of the molecule is Nc1cccnc1SCC1CNC1. The Morgan fingerprint density at radius 1 is 1.62 bits per heavy atom. The van der Waals surface area contributed by atoms with Crippen LogP contribution in [0.1, 0.15) is 0 Å². The molecular weight excluding hydrogens is 182 g/mol. The van der Waals surface area contributed by atoms with Gasteiger partial charge in [-0.2, -0.15) is 0 Å². The molecule has 0 unspecified atom stereocenters. The molecule has 0 spiro atoms. The lowest BCUT2D eigenvalue weighted by Gasteiger charge is -2.26. The van der Waals surface area contributed by atoms with Crippen LogP contribution in [0, 0.1) is 5.92 Å². The molecule has 2 heterocycles. The molecule has 0 amide bonds. The number of nitrogens with two attached hydrogens (primary N) is 1. The maximum atomic E-state index is 5.77. The Morgan fingerprint density at radius 2 is 2.46 bits per heavy atom. The number of aromatic nitrogens is 1. The van der Waals surface area contributed by atoms with Gasteiger partial charge in [0.25, 0.3) is 0 Å². The van der Waals surface area contributed by atoms with Crippen molar-refractivity contribution < 1.29 is 0 Å². The summed E-state index contributed by atoms with van der Waals surface area (Å²) >= 11 is 1.75. The number of pyridine rings is 1. The minimum absolute atomic E-state index is 0.791. The van der Waals surface area contributed by atoms with Gasteiger partial charge in [0.1, 0.15) is 5.03 Å². The minimum atomic E-state index is 0.791. The summed E-state index contributed by atoms with van der Waals surface area (Å²) in [6.07, 6.45) is 1.79. The molecule has 0 aliphatic carbocycles. The van der Waals surface area contributed by atoms with Crippen LogP contribution in [-0.4, -0.2) is 23.8 Å². The van der Waals surface area contributed by atoms with Gasteiger partial charge in [-0.15, -0.1) is 11.8 Å². The second-order valence-corrected chi connectivity index (χ2v) is 4.24. The van der Waals surface area contributed by atoms with E-state index >= 15 is 0 Å². The number of thioether (sulfide) groups is 1. The van der Waals surface area contributed by atoms with Gasteiger partial charge >= 0.3 is 0 Å². The van der Waals surface area contributed by atoms with Crippen molar-refractivity contribution in [3.8, 4) is 0 Å². The summed E-state index contributed by atoms with van der Waals surface area (Å²) < 4.78 is 0. The molecule has 4 heteroatoms. The Morgan fingerprint density at radius 3 is 3.08 bits per heavy atom. The van der Waals surface area contributed by atoms with Crippen molar-refractivity contribution in [1.82, 2.24) is 10.3 Å². The molecule has 0 bridgehead atoms. The highest BCUT2D eigenvalue weighted by Gasteiger charge is 2.17. The molecule has 1 fully saturated rings. The Kier molecular flexibility index (Phi) is 2.71. The zero-order valence-electron chi connectivity index (χ0n) is 7.36. The fourth-order valence-corrected chi connectivity index (χ4v) is 2.19. The fourth-order valence-electron chi connectivity index (χ4n) is 1.19. The van der Waals surface area contributed by atoms with E-state index in [2.05, 4.69) is 10.3 Å². The molecule has 0 saturated carbocycles. The van der Waals surface area contributed by atoms with Crippen LogP contribution in [0.4, 0.5) is 5.69 Å². The van der Waals surface area contributed by atoms with Crippen molar-refractivity contribution in [2.24, 2.45) is 5.92 Å². The van der Waals surface area contributed by atoms with Crippen LogP contribution in [0.15, 0.2) is 23.4 Å². The number of nitrogen functional groups attached to an aromatic ring is 1. The summed E-state index contributed by atoms with van der Waals surface area (Å²) in [7, 11) is 0. The van der Waals surface area contributed by atoms with Crippen LogP contribution >= 0.6 is 11.8 Å². The molecule has 1 aliphatic rings. The molecule has 13 heavy (non-hydrogen) atoms. The third-order valence-corrected chi connectivity index (χ3v) is 3.37. The maximum Gasteiger partial charge on any atom is 0.119 e. The third kappa shape index (κ3) is 2.14. The quantitative estimate of drug-likeness (QED) is 0.706. The molecule has 1 aliphatic heterocycles. The van der Waals surface area contributed by atoms with Crippen LogP contribution in [-0.2, 0) is 0 Å². The second-order valence-electron chi connectivity index (χ2n) is 3.23. The molecule has 0 aromatic carbocycles. The van der Waals surface area contributed by atoms with Gasteiger partial charge in [0.15, 0.2) is 0 Å². The van der Waals surface area contributed by atoms with Gasteiger partial charge < -0.3 is 11.1 Å². The first-order valence-corrected chi connectivity index (χ1v) is 5.39. The fraction of sp³-hybridized carbons (Fsp3) is 0.444. The molecule has 1 saturated heterocycles. The van der Waals surface area contributed by atoms with Crippen molar-refractivity contribution in [1.29, 1.82) is 0 Å². The molecule has 1 aromatic rings. The monoisotopic (exact) mass is 195 g/mol. The van der Waals surface area contributed by atoms with E-state index in [0.29, 0.717) is 0 Å². The van der Waals surface area contributed by atoms with Crippen LogP contribution in [0.5, 0.6) is 0 Å². The summed E-state index contributed by atoms with van der Waals surface area (Å²) in [5.74, 6) is 1.92. The molecule has 3 nitrogen and oxygen atoms in total. The van der Waals surface area contributed by atoms with Gasteiger partial charge in [0.05, 0.1) is 5.69 Å².